The van der Waals surface area contributed by atoms with Crippen LogP contribution in [-0.4, -0.2) is 29.1 Å². The van der Waals surface area contributed by atoms with Crippen LogP contribution in [0.25, 0.3) is 10.9 Å². The van der Waals surface area contributed by atoms with E-state index in [-0.39, 0.29) is 5.56 Å². The summed E-state index contributed by atoms with van der Waals surface area (Å²) in [6, 6.07) is 7.75. The Morgan fingerprint density at radius 2 is 2.05 bits per heavy atom. The van der Waals surface area contributed by atoms with Crippen molar-refractivity contribution in [1.29, 1.82) is 0 Å². The molecule has 2 aromatic rings. The first kappa shape index (κ1) is 12.9. The van der Waals surface area contributed by atoms with E-state index in [0.717, 1.165) is 29.9 Å². The molecule has 0 amide bonds. The Kier molecular flexibility index (Phi) is 3.30. The summed E-state index contributed by atoms with van der Waals surface area (Å²) < 4.78 is 0. The van der Waals surface area contributed by atoms with Crippen molar-refractivity contribution in [3.8, 4) is 0 Å². The number of fused-ring (bicyclic) bond motifs is 1. The number of anilines is 1. The molecule has 4 heteroatoms. The molecule has 0 radical (unpaired) electrons. The number of carbonyl (C=O) groups is 1. The maximum atomic E-state index is 10.9. The zero-order valence-electron chi connectivity index (χ0n) is 11.5. The summed E-state index contributed by atoms with van der Waals surface area (Å²) in [4.78, 5) is 17.6. The van der Waals surface area contributed by atoms with Crippen LogP contribution in [0.4, 0.5) is 5.69 Å². The third-order valence-corrected chi connectivity index (χ3v) is 4.06. The zero-order chi connectivity index (χ0) is 14.1. The Bertz CT molecular complexity index is 646. The van der Waals surface area contributed by atoms with E-state index in [1.807, 2.05) is 6.07 Å². The fraction of sp³-hybridized carbons (Fsp3) is 0.375. The molecule has 1 aromatic carbocycles. The van der Waals surface area contributed by atoms with Gasteiger partial charge in [-0.15, -0.1) is 0 Å². The lowest BCUT2D eigenvalue weighted by atomic mass is 9.98. The smallest absolute Gasteiger partial charge is 0.337 e. The van der Waals surface area contributed by atoms with Gasteiger partial charge >= 0.3 is 5.97 Å². The molecular weight excluding hydrogens is 252 g/mol. The number of benzene rings is 1. The molecule has 1 aliphatic rings. The van der Waals surface area contributed by atoms with Crippen LogP contribution in [0.15, 0.2) is 30.5 Å². The van der Waals surface area contributed by atoms with E-state index in [9.17, 15) is 4.79 Å². The fourth-order valence-electron chi connectivity index (χ4n) is 2.69. The topological polar surface area (TPSA) is 53.4 Å². The normalized spacial score (nSPS) is 16.6. The van der Waals surface area contributed by atoms with Gasteiger partial charge in [0.05, 0.1) is 11.1 Å². The molecule has 0 aliphatic carbocycles. The van der Waals surface area contributed by atoms with E-state index in [1.165, 1.54) is 24.7 Å². The minimum atomic E-state index is -0.937. The molecule has 3 rings (SSSR count). The van der Waals surface area contributed by atoms with Crippen LogP contribution < -0.4 is 4.90 Å². The molecule has 2 heterocycles. The van der Waals surface area contributed by atoms with E-state index >= 15 is 0 Å². The molecule has 1 fully saturated rings. The number of piperidine rings is 1. The largest absolute Gasteiger partial charge is 0.478 e. The van der Waals surface area contributed by atoms with Crippen molar-refractivity contribution in [3.05, 3.63) is 36.0 Å². The SMILES string of the molecule is CC1CCN(c2ccc3cc(C(=O)O)cnc3c2)CC1. The highest BCUT2D eigenvalue weighted by atomic mass is 16.4. The van der Waals surface area contributed by atoms with Crippen molar-refractivity contribution in [2.75, 3.05) is 18.0 Å². The van der Waals surface area contributed by atoms with Gasteiger partial charge in [-0.1, -0.05) is 13.0 Å². The summed E-state index contributed by atoms with van der Waals surface area (Å²) in [5.41, 5.74) is 2.27. The average Bonchev–Trinajstić information content (AvgIpc) is 2.47. The number of carboxylic acid groups (broad SMARTS) is 1. The summed E-state index contributed by atoms with van der Waals surface area (Å²) in [7, 11) is 0. The predicted molar refractivity (Wildman–Crippen MR) is 79.3 cm³/mol. The van der Waals surface area contributed by atoms with Crippen LogP contribution in [0.3, 0.4) is 0 Å². The van der Waals surface area contributed by atoms with Gasteiger partial charge < -0.3 is 10.0 Å². The monoisotopic (exact) mass is 270 g/mol. The first-order valence-corrected chi connectivity index (χ1v) is 7.01. The van der Waals surface area contributed by atoms with E-state index in [4.69, 9.17) is 5.11 Å². The number of carboxylic acids is 1. The zero-order valence-corrected chi connectivity index (χ0v) is 11.5. The maximum absolute atomic E-state index is 10.9. The number of nitrogens with zero attached hydrogens (tertiary/aromatic N) is 2. The van der Waals surface area contributed by atoms with E-state index in [0.29, 0.717) is 0 Å². The Hall–Kier alpha value is -2.10. The molecular formula is C16H18N2O2. The highest BCUT2D eigenvalue weighted by Gasteiger charge is 2.16. The molecule has 1 N–H and O–H groups in total. The summed E-state index contributed by atoms with van der Waals surface area (Å²) >= 11 is 0. The lowest BCUT2D eigenvalue weighted by Crippen LogP contribution is -2.32. The van der Waals surface area contributed by atoms with Crippen LogP contribution in [0, 0.1) is 5.92 Å². The van der Waals surface area contributed by atoms with Crippen LogP contribution in [0.2, 0.25) is 0 Å². The molecule has 0 saturated carbocycles. The molecule has 4 nitrogen and oxygen atoms in total. The van der Waals surface area contributed by atoms with Crippen molar-refractivity contribution in [2.24, 2.45) is 5.92 Å². The molecule has 0 atom stereocenters. The number of hydrogen-bond donors (Lipinski definition) is 1. The number of hydrogen-bond acceptors (Lipinski definition) is 3. The minimum Gasteiger partial charge on any atom is -0.478 e. The number of aromatic carboxylic acids is 1. The predicted octanol–water partition coefficient (Wildman–Crippen LogP) is 3.17. The molecule has 0 bridgehead atoms. The first-order chi connectivity index (χ1) is 9.63. The number of rotatable bonds is 2. The molecule has 1 saturated heterocycles. The van der Waals surface area contributed by atoms with Gasteiger partial charge in [0.15, 0.2) is 0 Å². The molecule has 104 valence electrons. The van der Waals surface area contributed by atoms with Gasteiger partial charge in [-0.05, 0) is 37.0 Å². The average molecular weight is 270 g/mol. The van der Waals surface area contributed by atoms with Crippen LogP contribution in [-0.2, 0) is 0 Å². The summed E-state index contributed by atoms with van der Waals surface area (Å²) in [5.74, 6) is -0.128. The maximum Gasteiger partial charge on any atom is 0.337 e. The molecule has 1 aromatic heterocycles. The standard InChI is InChI=1S/C16H18N2O2/c1-11-4-6-18(7-5-11)14-3-2-12-8-13(16(19)20)10-17-15(12)9-14/h2-3,8-11H,4-7H2,1H3,(H,19,20). The van der Waals surface area contributed by atoms with Gasteiger partial charge in [-0.2, -0.15) is 0 Å². The van der Waals surface area contributed by atoms with Crippen molar-refractivity contribution >= 4 is 22.6 Å². The van der Waals surface area contributed by atoms with E-state index in [1.54, 1.807) is 6.07 Å². The Labute approximate surface area is 118 Å². The summed E-state index contributed by atoms with van der Waals surface area (Å²) in [5, 5.41) is 9.85. The first-order valence-electron chi connectivity index (χ1n) is 7.01. The Morgan fingerprint density at radius 3 is 2.75 bits per heavy atom. The second kappa shape index (κ2) is 5.12. The van der Waals surface area contributed by atoms with Gasteiger partial charge in [0.2, 0.25) is 0 Å². The van der Waals surface area contributed by atoms with Gasteiger partial charge in [0.25, 0.3) is 0 Å². The molecule has 0 unspecified atom stereocenters. The van der Waals surface area contributed by atoms with E-state index < -0.39 is 5.97 Å². The third kappa shape index (κ3) is 2.46. The minimum absolute atomic E-state index is 0.233. The summed E-state index contributed by atoms with van der Waals surface area (Å²) in [6.07, 6.45) is 3.87. The van der Waals surface area contributed by atoms with E-state index in [2.05, 4.69) is 28.9 Å². The second-order valence-corrected chi connectivity index (χ2v) is 5.58. The van der Waals surface area contributed by atoms with Crippen LogP contribution >= 0.6 is 0 Å². The fourth-order valence-corrected chi connectivity index (χ4v) is 2.69. The third-order valence-electron chi connectivity index (χ3n) is 4.06. The van der Waals surface area contributed by atoms with Gasteiger partial charge in [-0.25, -0.2) is 4.79 Å². The van der Waals surface area contributed by atoms with Gasteiger partial charge in [0.1, 0.15) is 0 Å². The molecule has 1 aliphatic heterocycles. The quantitative estimate of drug-likeness (QED) is 0.910. The molecule has 20 heavy (non-hydrogen) atoms. The van der Waals surface area contributed by atoms with Crippen molar-refractivity contribution in [2.45, 2.75) is 19.8 Å². The van der Waals surface area contributed by atoms with Crippen LogP contribution in [0.5, 0.6) is 0 Å². The van der Waals surface area contributed by atoms with Gasteiger partial charge in [-0.3, -0.25) is 4.98 Å². The Morgan fingerprint density at radius 1 is 1.30 bits per heavy atom. The van der Waals surface area contributed by atoms with Crippen molar-refractivity contribution < 1.29 is 9.90 Å². The summed E-state index contributed by atoms with van der Waals surface area (Å²) in [6.45, 7) is 4.46. The number of pyridine rings is 1. The van der Waals surface area contributed by atoms with Crippen molar-refractivity contribution in [3.63, 3.8) is 0 Å². The van der Waals surface area contributed by atoms with Gasteiger partial charge in [0, 0.05) is 30.4 Å². The highest BCUT2D eigenvalue weighted by molar-refractivity contribution is 5.93. The molecule has 0 spiro atoms. The lowest BCUT2D eigenvalue weighted by Gasteiger charge is -2.32. The lowest BCUT2D eigenvalue weighted by molar-refractivity contribution is 0.0696. The highest BCUT2D eigenvalue weighted by Crippen LogP contribution is 2.26. The second-order valence-electron chi connectivity index (χ2n) is 5.58. The van der Waals surface area contributed by atoms with Crippen molar-refractivity contribution in [1.82, 2.24) is 4.98 Å². The Balaban J connectivity index is 1.91. The number of aromatic nitrogens is 1. The van der Waals surface area contributed by atoms with Crippen LogP contribution in [0.1, 0.15) is 30.1 Å².